The van der Waals surface area contributed by atoms with E-state index < -0.39 is 4.92 Å². The van der Waals surface area contributed by atoms with Crippen molar-refractivity contribution in [1.82, 2.24) is 5.32 Å². The molecule has 1 fully saturated rings. The molecule has 1 aliphatic heterocycles. The second kappa shape index (κ2) is 5.13. The normalized spacial score (nSPS) is 18.4. The largest absolute Gasteiger partial charge is 0.393 e. The smallest absolute Gasteiger partial charge is 0.315 e. The van der Waals surface area contributed by atoms with Gasteiger partial charge in [-0.25, -0.2) is 0 Å². The van der Waals surface area contributed by atoms with Crippen LogP contribution in [0.3, 0.4) is 0 Å². The van der Waals surface area contributed by atoms with Gasteiger partial charge in [0, 0.05) is 26.1 Å². The average molecular weight is 264 g/mol. The summed E-state index contributed by atoms with van der Waals surface area (Å²) < 4.78 is 0. The number of nitro groups is 1. The maximum Gasteiger partial charge on any atom is 0.315 e. The molecule has 1 heterocycles. The Bertz CT molecular complexity index is 518. The number of nitrogens with one attached hydrogen (secondary N) is 1. The number of hydrogen-bond acceptors (Lipinski definition) is 5. The van der Waals surface area contributed by atoms with E-state index in [9.17, 15) is 14.9 Å². The van der Waals surface area contributed by atoms with Gasteiger partial charge < -0.3 is 16.0 Å². The van der Waals surface area contributed by atoms with E-state index >= 15 is 0 Å². The number of nitro benzene ring substituents is 1. The van der Waals surface area contributed by atoms with Gasteiger partial charge in [0.25, 0.3) is 0 Å². The fourth-order valence-corrected chi connectivity index (χ4v) is 2.39. The fraction of sp³-hybridized carbons (Fsp3) is 0.417. The lowest BCUT2D eigenvalue weighted by Gasteiger charge is -2.19. The van der Waals surface area contributed by atoms with Crippen molar-refractivity contribution in [3.05, 3.63) is 28.3 Å². The van der Waals surface area contributed by atoms with Crippen LogP contribution in [0, 0.1) is 10.1 Å². The molecule has 7 nitrogen and oxygen atoms in total. The van der Waals surface area contributed by atoms with E-state index in [1.807, 2.05) is 4.90 Å². The van der Waals surface area contributed by atoms with Crippen molar-refractivity contribution in [1.29, 1.82) is 0 Å². The van der Waals surface area contributed by atoms with E-state index in [1.54, 1.807) is 12.1 Å². The molecule has 0 spiro atoms. The van der Waals surface area contributed by atoms with Gasteiger partial charge in [0.2, 0.25) is 5.91 Å². The van der Waals surface area contributed by atoms with Crippen molar-refractivity contribution in [2.75, 3.05) is 23.7 Å². The lowest BCUT2D eigenvalue weighted by Crippen LogP contribution is -2.35. The minimum absolute atomic E-state index is 0.0264. The van der Waals surface area contributed by atoms with Crippen LogP contribution < -0.4 is 16.0 Å². The van der Waals surface area contributed by atoms with Crippen molar-refractivity contribution >= 4 is 23.0 Å². The van der Waals surface area contributed by atoms with Gasteiger partial charge in [-0.1, -0.05) is 6.07 Å². The summed E-state index contributed by atoms with van der Waals surface area (Å²) in [5.74, 6) is -0.0890. The van der Waals surface area contributed by atoms with Crippen molar-refractivity contribution in [3.63, 3.8) is 0 Å². The number of amides is 1. The van der Waals surface area contributed by atoms with Crippen LogP contribution >= 0.6 is 0 Å². The minimum Gasteiger partial charge on any atom is -0.393 e. The van der Waals surface area contributed by atoms with E-state index in [1.165, 1.54) is 13.0 Å². The van der Waals surface area contributed by atoms with E-state index in [2.05, 4.69) is 5.32 Å². The van der Waals surface area contributed by atoms with Crippen LogP contribution in [0.5, 0.6) is 0 Å². The first-order chi connectivity index (χ1) is 8.99. The topological polar surface area (TPSA) is 102 Å². The molecule has 3 N–H and O–H groups in total. The predicted octanol–water partition coefficient (Wildman–Crippen LogP) is 0.892. The summed E-state index contributed by atoms with van der Waals surface area (Å²) in [7, 11) is 0. The van der Waals surface area contributed by atoms with Crippen LogP contribution in [-0.2, 0) is 4.79 Å². The van der Waals surface area contributed by atoms with Gasteiger partial charge in [-0.2, -0.15) is 0 Å². The number of anilines is 2. The summed E-state index contributed by atoms with van der Waals surface area (Å²) >= 11 is 0. The van der Waals surface area contributed by atoms with Crippen molar-refractivity contribution in [3.8, 4) is 0 Å². The quantitative estimate of drug-likeness (QED) is 0.479. The standard InChI is InChI=1S/C12H16N4O3/c1-8(17)14-9-5-6-15(7-9)11-4-2-3-10(13)12(11)16(18)19/h2-4,9H,5-7,13H2,1H3,(H,14,17). The van der Waals surface area contributed by atoms with Crippen molar-refractivity contribution < 1.29 is 9.72 Å². The summed E-state index contributed by atoms with van der Waals surface area (Å²) in [6.45, 7) is 2.69. The Morgan fingerprint density at radius 1 is 1.58 bits per heavy atom. The molecule has 1 aromatic carbocycles. The molecule has 0 aromatic heterocycles. The first-order valence-electron chi connectivity index (χ1n) is 6.04. The van der Waals surface area contributed by atoms with Crippen LogP contribution in [0.25, 0.3) is 0 Å². The Kier molecular flexibility index (Phi) is 3.55. The van der Waals surface area contributed by atoms with Crippen LogP contribution in [0.4, 0.5) is 17.1 Å². The molecule has 1 aliphatic rings. The number of carbonyl (C=O) groups excluding carboxylic acids is 1. The zero-order chi connectivity index (χ0) is 14.0. The molecule has 1 aromatic rings. The number of rotatable bonds is 3. The maximum atomic E-state index is 11.1. The molecule has 0 saturated carbocycles. The van der Waals surface area contributed by atoms with Gasteiger partial charge in [-0.3, -0.25) is 14.9 Å². The Morgan fingerprint density at radius 2 is 2.32 bits per heavy atom. The minimum atomic E-state index is -0.462. The van der Waals surface area contributed by atoms with Crippen LogP contribution in [0.2, 0.25) is 0 Å². The molecular formula is C12H16N4O3. The first kappa shape index (κ1) is 13.1. The third-order valence-electron chi connectivity index (χ3n) is 3.16. The molecule has 1 saturated heterocycles. The number of nitrogens with zero attached hydrogens (tertiary/aromatic N) is 2. The predicted molar refractivity (Wildman–Crippen MR) is 71.9 cm³/mol. The van der Waals surface area contributed by atoms with E-state index in [-0.39, 0.29) is 23.3 Å². The SMILES string of the molecule is CC(=O)NC1CCN(c2cccc(N)c2[N+](=O)[O-])C1. The highest BCUT2D eigenvalue weighted by Crippen LogP contribution is 2.35. The molecule has 2 rings (SSSR count). The lowest BCUT2D eigenvalue weighted by atomic mass is 10.2. The highest BCUT2D eigenvalue weighted by atomic mass is 16.6. The molecule has 1 unspecified atom stereocenters. The van der Waals surface area contributed by atoms with E-state index in [0.29, 0.717) is 18.8 Å². The second-order valence-electron chi connectivity index (χ2n) is 4.60. The van der Waals surface area contributed by atoms with Gasteiger partial charge in [0.15, 0.2) is 0 Å². The number of nitrogens with two attached hydrogens (primary N) is 1. The van der Waals surface area contributed by atoms with Crippen molar-refractivity contribution in [2.24, 2.45) is 0 Å². The van der Waals surface area contributed by atoms with Gasteiger partial charge in [0.1, 0.15) is 11.4 Å². The van der Waals surface area contributed by atoms with Crippen LogP contribution in [0.1, 0.15) is 13.3 Å². The zero-order valence-corrected chi connectivity index (χ0v) is 10.6. The van der Waals surface area contributed by atoms with Gasteiger partial charge in [-0.15, -0.1) is 0 Å². The summed E-state index contributed by atoms with van der Waals surface area (Å²) in [5, 5.41) is 13.9. The van der Waals surface area contributed by atoms with Gasteiger partial charge >= 0.3 is 5.69 Å². The summed E-state index contributed by atoms with van der Waals surface area (Å²) in [6, 6.07) is 4.93. The number of benzene rings is 1. The lowest BCUT2D eigenvalue weighted by molar-refractivity contribution is -0.383. The molecule has 1 atom stereocenters. The average Bonchev–Trinajstić information content (AvgIpc) is 2.75. The second-order valence-corrected chi connectivity index (χ2v) is 4.60. The third-order valence-corrected chi connectivity index (χ3v) is 3.16. The van der Waals surface area contributed by atoms with Crippen molar-refractivity contribution in [2.45, 2.75) is 19.4 Å². The van der Waals surface area contributed by atoms with Gasteiger partial charge in [-0.05, 0) is 18.6 Å². The number of hydrogen-bond donors (Lipinski definition) is 2. The molecule has 0 aliphatic carbocycles. The Balaban J connectivity index is 2.22. The fourth-order valence-electron chi connectivity index (χ4n) is 2.39. The Hall–Kier alpha value is -2.31. The molecule has 0 radical (unpaired) electrons. The van der Waals surface area contributed by atoms with Gasteiger partial charge in [0.05, 0.1) is 4.92 Å². The monoisotopic (exact) mass is 264 g/mol. The first-order valence-corrected chi connectivity index (χ1v) is 6.04. The molecule has 102 valence electrons. The molecule has 19 heavy (non-hydrogen) atoms. The summed E-state index contributed by atoms with van der Waals surface area (Å²) in [6.07, 6.45) is 0.769. The summed E-state index contributed by atoms with van der Waals surface area (Å²) in [5.41, 5.74) is 6.27. The van der Waals surface area contributed by atoms with Crippen LogP contribution in [0.15, 0.2) is 18.2 Å². The summed E-state index contributed by atoms with van der Waals surface area (Å²) in [4.78, 5) is 23.5. The Labute approximate surface area is 110 Å². The Morgan fingerprint density at radius 3 is 2.95 bits per heavy atom. The van der Waals surface area contributed by atoms with E-state index in [0.717, 1.165) is 6.42 Å². The molecular weight excluding hydrogens is 248 g/mol. The molecule has 1 amide bonds. The van der Waals surface area contributed by atoms with Crippen LogP contribution in [-0.4, -0.2) is 30.0 Å². The third kappa shape index (κ3) is 2.75. The highest BCUT2D eigenvalue weighted by molar-refractivity contribution is 5.76. The maximum absolute atomic E-state index is 11.1. The number of nitrogen functional groups attached to an aromatic ring is 1. The number of para-hydroxylation sites is 1. The molecule has 7 heteroatoms. The van der Waals surface area contributed by atoms with E-state index in [4.69, 9.17) is 5.73 Å². The zero-order valence-electron chi connectivity index (χ0n) is 10.6. The number of carbonyl (C=O) groups is 1. The highest BCUT2D eigenvalue weighted by Gasteiger charge is 2.29. The molecule has 0 bridgehead atoms.